The molecule has 0 aromatic rings. The number of unbranched alkanes of at least 4 members (excludes halogenated alkanes) is 12. The van der Waals surface area contributed by atoms with Crippen LogP contribution in [-0.2, 0) is 32.7 Å². The van der Waals surface area contributed by atoms with Crippen molar-refractivity contribution in [3.8, 4) is 0 Å². The summed E-state index contributed by atoms with van der Waals surface area (Å²) in [4.78, 5) is 35.6. The quantitative estimate of drug-likeness (QED) is 0.0151. The van der Waals surface area contributed by atoms with E-state index < -0.39 is 75.7 Å². The number of rotatable bonds is 36. The van der Waals surface area contributed by atoms with Gasteiger partial charge in [-0.25, -0.2) is 4.57 Å². The molecule has 1 fully saturated rings. The second-order valence-corrected chi connectivity index (χ2v) is 16.9. The van der Waals surface area contributed by atoms with Gasteiger partial charge in [0, 0.05) is 12.8 Å². The third kappa shape index (κ3) is 29.3. The van der Waals surface area contributed by atoms with Crippen molar-refractivity contribution < 1.29 is 63.1 Å². The maximum Gasteiger partial charge on any atom is 0.472 e. The number of carbonyl (C=O) groups excluding carboxylic acids is 2. The van der Waals surface area contributed by atoms with E-state index >= 15 is 0 Å². The molecule has 1 rings (SSSR count). The highest BCUT2D eigenvalue weighted by atomic mass is 31.2. The van der Waals surface area contributed by atoms with Crippen molar-refractivity contribution in [2.45, 2.75) is 198 Å². The number of aliphatic hydroxyl groups excluding tert-OH is 5. The first-order chi connectivity index (χ1) is 29.4. The summed E-state index contributed by atoms with van der Waals surface area (Å²) in [6, 6.07) is 0. The molecule has 6 N–H and O–H groups in total. The average Bonchev–Trinajstić information content (AvgIpc) is 3.24. The molecule has 14 heteroatoms. The first kappa shape index (κ1) is 56.3. The Morgan fingerprint density at radius 2 is 0.967 bits per heavy atom. The van der Waals surface area contributed by atoms with Gasteiger partial charge < -0.3 is 39.9 Å². The predicted octanol–water partition coefficient (Wildman–Crippen LogP) is 8.72. The summed E-state index contributed by atoms with van der Waals surface area (Å²) in [6.45, 7) is 3.08. The SMILES string of the molecule is CC/C=C\C/C=C\C/C=C\C/C=C\CCC(=O)OC(COC(=O)CCCCCCCCCCC/C=C\C/C=C\CCCCC)COP(=O)(O)OC1C(O)C(O)C(O)C(O)C1O. The first-order valence-corrected chi connectivity index (χ1v) is 24.2. The van der Waals surface area contributed by atoms with Crippen LogP contribution in [0.1, 0.15) is 155 Å². The molecule has 0 radical (unpaired) electrons. The lowest BCUT2D eigenvalue weighted by Crippen LogP contribution is -2.64. The van der Waals surface area contributed by atoms with E-state index in [1.807, 2.05) is 18.2 Å². The molecule has 1 aliphatic rings. The molecule has 0 spiro atoms. The van der Waals surface area contributed by atoms with Crippen LogP contribution in [0.4, 0.5) is 0 Å². The van der Waals surface area contributed by atoms with Gasteiger partial charge in [-0.05, 0) is 70.6 Å². The molecular weight excluding hydrogens is 803 g/mol. The van der Waals surface area contributed by atoms with E-state index in [1.54, 1.807) is 0 Å². The van der Waals surface area contributed by atoms with E-state index in [4.69, 9.17) is 18.5 Å². The number of phosphoric acid groups is 1. The first-order valence-electron chi connectivity index (χ1n) is 22.7. The topological polar surface area (TPSA) is 210 Å². The van der Waals surface area contributed by atoms with Crippen LogP contribution in [0.25, 0.3) is 0 Å². The standard InChI is InChI=1S/C47H79O13P/c1-3-5-7-9-11-13-15-17-18-19-20-21-22-24-25-27-29-31-33-35-40(48)57-37-39(38-58-61(55,56)60-47-45(53)43(51)42(50)44(52)46(47)54)59-41(49)36-34-32-30-28-26-23-16-14-12-10-8-6-4-2/h6,8,11-14,17-18,23,26,30,32,39,42-47,50-54H,3-5,7,9-10,15-16,19-22,24-25,27-29,31,33-38H2,1-2H3,(H,55,56)/b8-6-,13-11-,14-12-,18-17-,26-23-,32-30-. The summed E-state index contributed by atoms with van der Waals surface area (Å²) in [5.41, 5.74) is 0. The van der Waals surface area contributed by atoms with E-state index in [1.165, 1.54) is 51.4 Å². The number of allylic oxidation sites excluding steroid dienone is 12. The Morgan fingerprint density at radius 3 is 1.49 bits per heavy atom. The Bertz CT molecular complexity index is 1340. The Labute approximate surface area is 365 Å². The lowest BCUT2D eigenvalue weighted by molar-refractivity contribution is -0.220. The zero-order valence-corrected chi connectivity index (χ0v) is 37.8. The Kier molecular flexibility index (Phi) is 33.9. The second kappa shape index (κ2) is 36.7. The van der Waals surface area contributed by atoms with E-state index in [0.29, 0.717) is 19.3 Å². The molecule has 0 saturated heterocycles. The highest BCUT2D eigenvalue weighted by Gasteiger charge is 2.51. The predicted molar refractivity (Wildman–Crippen MR) is 239 cm³/mol. The Morgan fingerprint density at radius 1 is 0.525 bits per heavy atom. The van der Waals surface area contributed by atoms with Gasteiger partial charge in [-0.3, -0.25) is 18.6 Å². The van der Waals surface area contributed by atoms with Crippen molar-refractivity contribution in [2.75, 3.05) is 13.2 Å². The number of hydrogen-bond acceptors (Lipinski definition) is 12. The van der Waals surface area contributed by atoms with Gasteiger partial charge in [0.2, 0.25) is 0 Å². The zero-order valence-electron chi connectivity index (χ0n) is 36.9. The smallest absolute Gasteiger partial charge is 0.462 e. The van der Waals surface area contributed by atoms with Crippen LogP contribution in [0.2, 0.25) is 0 Å². The summed E-state index contributed by atoms with van der Waals surface area (Å²) in [5, 5.41) is 50.1. The second-order valence-electron chi connectivity index (χ2n) is 15.5. The van der Waals surface area contributed by atoms with Gasteiger partial charge in [0.25, 0.3) is 0 Å². The van der Waals surface area contributed by atoms with Crippen LogP contribution in [0.15, 0.2) is 72.9 Å². The van der Waals surface area contributed by atoms with Crippen LogP contribution in [0, 0.1) is 0 Å². The van der Waals surface area contributed by atoms with Gasteiger partial charge in [0.15, 0.2) is 6.10 Å². The van der Waals surface area contributed by atoms with Crippen LogP contribution in [-0.4, -0.2) is 98.3 Å². The highest BCUT2D eigenvalue weighted by molar-refractivity contribution is 7.47. The van der Waals surface area contributed by atoms with Crippen molar-refractivity contribution in [1.82, 2.24) is 0 Å². The molecule has 0 aromatic carbocycles. The molecule has 350 valence electrons. The van der Waals surface area contributed by atoms with Gasteiger partial charge in [-0.2, -0.15) is 0 Å². The molecule has 61 heavy (non-hydrogen) atoms. The summed E-state index contributed by atoms with van der Waals surface area (Å²) in [5.74, 6) is -1.20. The lowest BCUT2D eigenvalue weighted by atomic mass is 9.85. The van der Waals surface area contributed by atoms with Gasteiger partial charge >= 0.3 is 19.8 Å². The van der Waals surface area contributed by atoms with Gasteiger partial charge in [-0.15, -0.1) is 0 Å². The van der Waals surface area contributed by atoms with Crippen molar-refractivity contribution >= 4 is 19.8 Å². The maximum absolute atomic E-state index is 12.8. The number of ether oxygens (including phenoxy) is 2. The number of esters is 2. The molecular formula is C47H79O13P. The fourth-order valence-corrected chi connectivity index (χ4v) is 7.36. The molecule has 6 unspecified atom stereocenters. The number of hydrogen-bond donors (Lipinski definition) is 6. The Balaban J connectivity index is 2.48. The minimum atomic E-state index is -5.14. The molecule has 0 heterocycles. The molecule has 13 nitrogen and oxygen atoms in total. The van der Waals surface area contributed by atoms with Crippen LogP contribution >= 0.6 is 7.82 Å². The molecule has 0 aliphatic heterocycles. The van der Waals surface area contributed by atoms with Crippen LogP contribution in [0.5, 0.6) is 0 Å². The molecule has 0 bridgehead atoms. The monoisotopic (exact) mass is 883 g/mol. The summed E-state index contributed by atoms with van der Waals surface area (Å²) >= 11 is 0. The fourth-order valence-electron chi connectivity index (χ4n) is 6.39. The van der Waals surface area contributed by atoms with Gasteiger partial charge in [-0.1, -0.05) is 145 Å². The maximum atomic E-state index is 12.8. The molecule has 1 aliphatic carbocycles. The zero-order chi connectivity index (χ0) is 45.0. The number of aliphatic hydroxyl groups is 5. The van der Waals surface area contributed by atoms with Crippen LogP contribution in [0.3, 0.4) is 0 Å². The number of carbonyl (C=O) groups is 2. The third-order valence-electron chi connectivity index (χ3n) is 10.0. The molecule has 1 saturated carbocycles. The Hall–Kier alpha value is -2.71. The summed E-state index contributed by atoms with van der Waals surface area (Å²) < 4.78 is 33.4. The van der Waals surface area contributed by atoms with E-state index in [9.17, 15) is 44.6 Å². The van der Waals surface area contributed by atoms with Gasteiger partial charge in [0.05, 0.1) is 6.61 Å². The van der Waals surface area contributed by atoms with Crippen molar-refractivity contribution in [2.24, 2.45) is 0 Å². The van der Waals surface area contributed by atoms with Crippen molar-refractivity contribution in [1.29, 1.82) is 0 Å². The minimum absolute atomic E-state index is 0.0285. The minimum Gasteiger partial charge on any atom is -0.462 e. The average molecular weight is 883 g/mol. The summed E-state index contributed by atoms with van der Waals surface area (Å²) in [6.07, 6.45) is 32.6. The number of phosphoric ester groups is 1. The summed E-state index contributed by atoms with van der Waals surface area (Å²) in [7, 11) is -5.14. The molecule has 0 aromatic heterocycles. The van der Waals surface area contributed by atoms with E-state index in [0.717, 1.165) is 57.8 Å². The fraction of sp³-hybridized carbons (Fsp3) is 0.702. The van der Waals surface area contributed by atoms with Crippen molar-refractivity contribution in [3.05, 3.63) is 72.9 Å². The lowest BCUT2D eigenvalue weighted by Gasteiger charge is -2.41. The third-order valence-corrected chi connectivity index (χ3v) is 11.0. The molecule has 0 amide bonds. The van der Waals surface area contributed by atoms with Crippen LogP contribution < -0.4 is 0 Å². The van der Waals surface area contributed by atoms with E-state index in [-0.39, 0.29) is 12.8 Å². The van der Waals surface area contributed by atoms with Crippen molar-refractivity contribution in [3.63, 3.8) is 0 Å². The largest absolute Gasteiger partial charge is 0.472 e. The van der Waals surface area contributed by atoms with E-state index in [2.05, 4.69) is 68.5 Å². The highest BCUT2D eigenvalue weighted by Crippen LogP contribution is 2.47. The van der Waals surface area contributed by atoms with Gasteiger partial charge in [0.1, 0.15) is 43.2 Å². The normalized spacial score (nSPS) is 22.7. The molecule has 6 atom stereocenters.